The number of hydrogen-bond donors (Lipinski definition) is 1. The molecule has 0 fully saturated rings. The van der Waals surface area contributed by atoms with Gasteiger partial charge in [0.15, 0.2) is 0 Å². The third-order valence-corrected chi connectivity index (χ3v) is 3.48. The molecule has 4 nitrogen and oxygen atoms in total. The van der Waals surface area contributed by atoms with Crippen molar-refractivity contribution in [2.75, 3.05) is 20.6 Å². The predicted octanol–water partition coefficient (Wildman–Crippen LogP) is 2.42. The van der Waals surface area contributed by atoms with Gasteiger partial charge in [-0.15, -0.1) is 0 Å². The number of rotatable bonds is 4. The van der Waals surface area contributed by atoms with Crippen LogP contribution in [0.5, 0.6) is 0 Å². The minimum atomic E-state index is -0.199. The Hall–Kier alpha value is -0.880. The Morgan fingerprint density at radius 3 is 2.56 bits per heavy atom. The lowest BCUT2D eigenvalue weighted by Crippen LogP contribution is -2.30. The summed E-state index contributed by atoms with van der Waals surface area (Å²) in [5.74, 6) is -0.210. The van der Waals surface area contributed by atoms with E-state index in [0.29, 0.717) is 18.5 Å². The first-order chi connectivity index (χ1) is 8.41. The largest absolute Gasteiger partial charge is 0.351 e. The highest BCUT2D eigenvalue weighted by molar-refractivity contribution is 9.11. The number of carbonyl (C=O) groups is 2. The van der Waals surface area contributed by atoms with Crippen molar-refractivity contribution in [2.24, 2.45) is 0 Å². The first kappa shape index (κ1) is 15.2. The highest BCUT2D eigenvalue weighted by Crippen LogP contribution is 2.21. The van der Waals surface area contributed by atoms with Crippen LogP contribution in [0.15, 0.2) is 27.1 Å². The Morgan fingerprint density at radius 1 is 1.28 bits per heavy atom. The first-order valence-corrected chi connectivity index (χ1v) is 6.94. The van der Waals surface area contributed by atoms with E-state index < -0.39 is 0 Å². The molecular weight excluding hydrogens is 364 g/mol. The van der Waals surface area contributed by atoms with Crippen molar-refractivity contribution in [1.82, 2.24) is 10.2 Å². The lowest BCUT2D eigenvalue weighted by atomic mass is 10.2. The lowest BCUT2D eigenvalue weighted by molar-refractivity contribution is -0.128. The molecule has 1 N–H and O–H groups in total. The summed E-state index contributed by atoms with van der Waals surface area (Å²) in [5.41, 5.74) is 0.543. The maximum absolute atomic E-state index is 11.9. The molecule has 0 aliphatic carbocycles. The van der Waals surface area contributed by atoms with Gasteiger partial charge in [-0.2, -0.15) is 0 Å². The normalized spacial score (nSPS) is 10.0. The van der Waals surface area contributed by atoms with Crippen LogP contribution < -0.4 is 5.32 Å². The van der Waals surface area contributed by atoms with Crippen LogP contribution in [-0.4, -0.2) is 37.4 Å². The molecule has 1 aromatic carbocycles. The fourth-order valence-corrected chi connectivity index (χ4v) is 2.06. The molecule has 0 saturated carbocycles. The molecule has 6 heteroatoms. The van der Waals surface area contributed by atoms with Gasteiger partial charge in [0.1, 0.15) is 0 Å². The van der Waals surface area contributed by atoms with Crippen LogP contribution in [0.4, 0.5) is 0 Å². The summed E-state index contributed by atoms with van der Waals surface area (Å²) in [6.07, 6.45) is 0.296. The van der Waals surface area contributed by atoms with Crippen molar-refractivity contribution >= 4 is 43.7 Å². The van der Waals surface area contributed by atoms with Gasteiger partial charge in [0.25, 0.3) is 5.91 Å². The maximum Gasteiger partial charge on any atom is 0.252 e. The molecule has 0 unspecified atom stereocenters. The van der Waals surface area contributed by atoms with E-state index in [-0.39, 0.29) is 11.8 Å². The van der Waals surface area contributed by atoms with Gasteiger partial charge >= 0.3 is 0 Å². The third-order valence-electron chi connectivity index (χ3n) is 2.30. The van der Waals surface area contributed by atoms with Crippen LogP contribution in [-0.2, 0) is 4.79 Å². The van der Waals surface area contributed by atoms with Crippen molar-refractivity contribution in [3.63, 3.8) is 0 Å². The minimum absolute atomic E-state index is 0.0105. The van der Waals surface area contributed by atoms with Gasteiger partial charge in [0, 0.05) is 36.0 Å². The molecular formula is C12H14Br2N2O2. The molecule has 0 aliphatic rings. The number of halogens is 2. The Kier molecular flexibility index (Phi) is 5.81. The molecule has 0 radical (unpaired) electrons. The summed E-state index contributed by atoms with van der Waals surface area (Å²) >= 11 is 6.63. The Balaban J connectivity index is 2.56. The Labute approximate surface area is 123 Å². The number of carbonyl (C=O) groups excluding carboxylic acids is 2. The molecule has 18 heavy (non-hydrogen) atoms. The predicted molar refractivity (Wildman–Crippen MR) is 77.5 cm³/mol. The summed E-state index contributed by atoms with van der Waals surface area (Å²) in [7, 11) is 3.38. The number of nitrogens with zero attached hydrogens (tertiary/aromatic N) is 1. The van der Waals surface area contributed by atoms with E-state index in [2.05, 4.69) is 37.2 Å². The molecule has 0 spiro atoms. The zero-order chi connectivity index (χ0) is 13.7. The lowest BCUT2D eigenvalue weighted by Gasteiger charge is -2.11. The SMILES string of the molecule is CN(C)C(=O)CCNC(=O)c1cc(Br)ccc1Br. The fraction of sp³-hybridized carbons (Fsp3) is 0.333. The van der Waals surface area contributed by atoms with Gasteiger partial charge in [-0.05, 0) is 34.1 Å². The van der Waals surface area contributed by atoms with E-state index in [9.17, 15) is 9.59 Å². The molecule has 0 aromatic heterocycles. The van der Waals surface area contributed by atoms with Crippen molar-refractivity contribution in [3.8, 4) is 0 Å². The van der Waals surface area contributed by atoms with Crippen LogP contribution in [0, 0.1) is 0 Å². The second kappa shape index (κ2) is 6.89. The van der Waals surface area contributed by atoms with Crippen molar-refractivity contribution in [3.05, 3.63) is 32.7 Å². The Bertz CT molecular complexity index is 461. The maximum atomic E-state index is 11.9. The van der Waals surface area contributed by atoms with Crippen LogP contribution in [0.2, 0.25) is 0 Å². The molecule has 0 saturated heterocycles. The molecule has 0 aliphatic heterocycles. The van der Waals surface area contributed by atoms with E-state index >= 15 is 0 Å². The smallest absolute Gasteiger partial charge is 0.252 e. The highest BCUT2D eigenvalue weighted by Gasteiger charge is 2.11. The standard InChI is InChI=1S/C12H14Br2N2O2/c1-16(2)11(17)5-6-15-12(18)9-7-8(13)3-4-10(9)14/h3-4,7H,5-6H2,1-2H3,(H,15,18). The molecule has 1 aromatic rings. The summed E-state index contributed by atoms with van der Waals surface area (Å²) in [6, 6.07) is 5.37. The van der Waals surface area contributed by atoms with Gasteiger partial charge in [-0.3, -0.25) is 9.59 Å². The number of benzene rings is 1. The zero-order valence-electron chi connectivity index (χ0n) is 10.2. The molecule has 0 heterocycles. The van der Waals surface area contributed by atoms with E-state index in [4.69, 9.17) is 0 Å². The average Bonchev–Trinajstić information content (AvgIpc) is 2.31. The van der Waals surface area contributed by atoms with E-state index in [1.807, 2.05) is 6.07 Å². The van der Waals surface area contributed by atoms with E-state index in [1.54, 1.807) is 26.2 Å². The number of amides is 2. The van der Waals surface area contributed by atoms with Crippen LogP contribution in [0.3, 0.4) is 0 Å². The topological polar surface area (TPSA) is 49.4 Å². The Morgan fingerprint density at radius 2 is 1.94 bits per heavy atom. The van der Waals surface area contributed by atoms with E-state index in [0.717, 1.165) is 8.95 Å². The molecule has 0 bridgehead atoms. The van der Waals surface area contributed by atoms with Crippen LogP contribution in [0.25, 0.3) is 0 Å². The van der Waals surface area contributed by atoms with E-state index in [1.165, 1.54) is 4.90 Å². The zero-order valence-corrected chi connectivity index (χ0v) is 13.3. The summed E-state index contributed by atoms with van der Waals surface area (Å²) < 4.78 is 1.56. The first-order valence-electron chi connectivity index (χ1n) is 5.35. The summed E-state index contributed by atoms with van der Waals surface area (Å²) in [4.78, 5) is 24.7. The monoisotopic (exact) mass is 376 g/mol. The van der Waals surface area contributed by atoms with Crippen molar-refractivity contribution in [2.45, 2.75) is 6.42 Å². The van der Waals surface area contributed by atoms with Gasteiger partial charge in [-0.1, -0.05) is 15.9 Å². The molecule has 0 atom stereocenters. The van der Waals surface area contributed by atoms with Gasteiger partial charge in [0.2, 0.25) is 5.91 Å². The van der Waals surface area contributed by atoms with Crippen LogP contribution >= 0.6 is 31.9 Å². The number of nitrogens with one attached hydrogen (secondary N) is 1. The van der Waals surface area contributed by atoms with Crippen molar-refractivity contribution in [1.29, 1.82) is 0 Å². The molecule has 98 valence electrons. The quantitative estimate of drug-likeness (QED) is 0.875. The van der Waals surface area contributed by atoms with Crippen LogP contribution in [0.1, 0.15) is 16.8 Å². The highest BCUT2D eigenvalue weighted by atomic mass is 79.9. The minimum Gasteiger partial charge on any atom is -0.351 e. The second-order valence-corrected chi connectivity index (χ2v) is 5.69. The third kappa shape index (κ3) is 4.42. The number of hydrogen-bond acceptors (Lipinski definition) is 2. The van der Waals surface area contributed by atoms with Gasteiger partial charge in [0.05, 0.1) is 5.56 Å². The van der Waals surface area contributed by atoms with Gasteiger partial charge < -0.3 is 10.2 Å². The summed E-state index contributed by atoms with van der Waals surface area (Å²) in [5, 5.41) is 2.72. The second-order valence-electron chi connectivity index (χ2n) is 3.92. The van der Waals surface area contributed by atoms with Gasteiger partial charge in [-0.25, -0.2) is 0 Å². The average molecular weight is 378 g/mol. The summed E-state index contributed by atoms with van der Waals surface area (Å²) in [6.45, 7) is 0.328. The van der Waals surface area contributed by atoms with Crippen molar-refractivity contribution < 1.29 is 9.59 Å². The fourth-order valence-electron chi connectivity index (χ4n) is 1.27. The molecule has 1 rings (SSSR count). The molecule has 2 amide bonds.